The molecule has 0 fully saturated rings. The van der Waals surface area contributed by atoms with Gasteiger partial charge in [0, 0.05) is 5.39 Å². The van der Waals surface area contributed by atoms with Gasteiger partial charge < -0.3 is 9.84 Å². The van der Waals surface area contributed by atoms with Crippen LogP contribution in [0.25, 0.3) is 10.8 Å². The molecule has 0 saturated heterocycles. The van der Waals surface area contributed by atoms with Crippen LogP contribution in [0.4, 0.5) is 0 Å². The second-order valence-electron chi connectivity index (χ2n) is 3.44. The van der Waals surface area contributed by atoms with Crippen LogP contribution in [0.15, 0.2) is 28.7 Å². The average molecular weight is 267 g/mol. The molecule has 2 aromatic carbocycles. The first-order chi connectivity index (χ1) is 7.13. The summed E-state index contributed by atoms with van der Waals surface area (Å²) in [7, 11) is 1.64. The molecule has 0 aliphatic rings. The van der Waals surface area contributed by atoms with Gasteiger partial charge in [-0.05, 0) is 52.0 Å². The Labute approximate surface area is 96.6 Å². The molecule has 0 spiro atoms. The van der Waals surface area contributed by atoms with E-state index in [1.807, 2.05) is 25.1 Å². The van der Waals surface area contributed by atoms with Crippen molar-refractivity contribution in [2.24, 2.45) is 0 Å². The van der Waals surface area contributed by atoms with Gasteiger partial charge in [0.2, 0.25) is 0 Å². The number of ether oxygens (including phenoxy) is 1. The van der Waals surface area contributed by atoms with Crippen LogP contribution in [0.3, 0.4) is 0 Å². The van der Waals surface area contributed by atoms with Gasteiger partial charge in [0.15, 0.2) is 0 Å². The highest BCUT2D eigenvalue weighted by Gasteiger charge is 2.07. The fourth-order valence-corrected chi connectivity index (χ4v) is 2.12. The summed E-state index contributed by atoms with van der Waals surface area (Å²) in [6, 6.07) is 7.48. The normalized spacial score (nSPS) is 10.6. The van der Waals surface area contributed by atoms with Crippen LogP contribution in [0.5, 0.6) is 11.5 Å². The summed E-state index contributed by atoms with van der Waals surface area (Å²) < 4.78 is 5.91. The van der Waals surface area contributed by atoms with E-state index in [1.165, 1.54) is 0 Å². The highest BCUT2D eigenvalue weighted by Crippen LogP contribution is 2.35. The summed E-state index contributed by atoms with van der Waals surface area (Å²) in [6.45, 7) is 2.02. The molecular formula is C12H11BrO2. The lowest BCUT2D eigenvalue weighted by Crippen LogP contribution is -1.86. The van der Waals surface area contributed by atoms with E-state index in [4.69, 9.17) is 4.74 Å². The smallest absolute Gasteiger partial charge is 0.130 e. The highest BCUT2D eigenvalue weighted by atomic mass is 79.9. The maximum atomic E-state index is 9.58. The molecule has 0 radical (unpaired) electrons. The Hall–Kier alpha value is -1.22. The molecule has 2 rings (SSSR count). The second kappa shape index (κ2) is 3.74. The van der Waals surface area contributed by atoms with Gasteiger partial charge in [-0.25, -0.2) is 0 Å². The number of aryl methyl sites for hydroxylation is 1. The van der Waals surface area contributed by atoms with Crippen LogP contribution in [0, 0.1) is 6.92 Å². The Morgan fingerprint density at radius 3 is 2.60 bits per heavy atom. The van der Waals surface area contributed by atoms with Gasteiger partial charge in [0.25, 0.3) is 0 Å². The molecule has 0 amide bonds. The molecule has 0 saturated carbocycles. The number of phenols is 1. The fraction of sp³-hybridized carbons (Fsp3) is 0.167. The number of aromatic hydroxyl groups is 1. The van der Waals surface area contributed by atoms with Crippen molar-refractivity contribution < 1.29 is 9.84 Å². The minimum absolute atomic E-state index is 0.246. The Morgan fingerprint density at radius 1 is 1.20 bits per heavy atom. The van der Waals surface area contributed by atoms with Crippen LogP contribution in [-0.4, -0.2) is 12.2 Å². The molecule has 0 atom stereocenters. The molecule has 1 N–H and O–H groups in total. The largest absolute Gasteiger partial charge is 0.507 e. The molecule has 2 aromatic rings. The lowest BCUT2D eigenvalue weighted by Gasteiger charge is -2.08. The van der Waals surface area contributed by atoms with Crippen molar-refractivity contribution in [2.75, 3.05) is 7.11 Å². The van der Waals surface area contributed by atoms with Crippen LogP contribution < -0.4 is 4.74 Å². The first-order valence-electron chi connectivity index (χ1n) is 4.59. The van der Waals surface area contributed by atoms with Gasteiger partial charge in [-0.15, -0.1) is 0 Å². The van der Waals surface area contributed by atoms with Gasteiger partial charge in [0.05, 0.1) is 11.6 Å². The van der Waals surface area contributed by atoms with Crippen molar-refractivity contribution in [1.29, 1.82) is 0 Å². The molecule has 78 valence electrons. The summed E-state index contributed by atoms with van der Waals surface area (Å²) in [5.74, 6) is 1.04. The third-order valence-corrected chi connectivity index (χ3v) is 3.30. The van der Waals surface area contributed by atoms with Crippen molar-refractivity contribution in [3.05, 3.63) is 34.3 Å². The minimum Gasteiger partial charge on any atom is -0.507 e. The summed E-state index contributed by atoms with van der Waals surface area (Å²) in [5, 5.41) is 11.7. The summed E-state index contributed by atoms with van der Waals surface area (Å²) in [5.41, 5.74) is 1.13. The van der Waals surface area contributed by atoms with Gasteiger partial charge in [0.1, 0.15) is 11.5 Å². The molecule has 3 heteroatoms. The van der Waals surface area contributed by atoms with Gasteiger partial charge in [-0.3, -0.25) is 0 Å². The number of halogens is 1. The molecule has 0 aliphatic heterocycles. The fourth-order valence-electron chi connectivity index (χ4n) is 1.66. The zero-order valence-corrected chi connectivity index (χ0v) is 10.1. The molecule has 0 heterocycles. The van der Waals surface area contributed by atoms with Gasteiger partial charge in [-0.1, -0.05) is 6.07 Å². The summed E-state index contributed by atoms with van der Waals surface area (Å²) >= 11 is 3.37. The van der Waals surface area contributed by atoms with E-state index in [9.17, 15) is 5.11 Å². The lowest BCUT2D eigenvalue weighted by molar-refractivity contribution is 0.415. The van der Waals surface area contributed by atoms with E-state index < -0.39 is 0 Å². The Morgan fingerprint density at radius 2 is 1.93 bits per heavy atom. The van der Waals surface area contributed by atoms with E-state index in [0.717, 1.165) is 22.1 Å². The first-order valence-corrected chi connectivity index (χ1v) is 5.38. The van der Waals surface area contributed by atoms with E-state index in [-0.39, 0.29) is 5.75 Å². The van der Waals surface area contributed by atoms with Crippen molar-refractivity contribution in [3.63, 3.8) is 0 Å². The second-order valence-corrected chi connectivity index (χ2v) is 4.23. The van der Waals surface area contributed by atoms with Gasteiger partial charge >= 0.3 is 0 Å². The van der Waals surface area contributed by atoms with E-state index in [2.05, 4.69) is 15.9 Å². The monoisotopic (exact) mass is 266 g/mol. The number of phenolic OH excluding ortho intramolecular Hbond substituents is 1. The van der Waals surface area contributed by atoms with Gasteiger partial charge in [-0.2, -0.15) is 0 Å². The molecule has 0 aromatic heterocycles. The number of benzene rings is 2. The highest BCUT2D eigenvalue weighted by molar-refractivity contribution is 9.10. The lowest BCUT2D eigenvalue weighted by atomic mass is 10.0. The zero-order valence-electron chi connectivity index (χ0n) is 8.54. The standard InChI is InChI=1S/C12H11BrO2/c1-7-5-8(15-2)6-10-9(7)3-4-11(14)12(10)13/h3-6,14H,1-2H3. The van der Waals surface area contributed by atoms with Crippen molar-refractivity contribution in [1.82, 2.24) is 0 Å². The molecule has 2 nitrogen and oxygen atoms in total. The number of hydrogen-bond donors (Lipinski definition) is 1. The maximum Gasteiger partial charge on any atom is 0.130 e. The summed E-state index contributed by atoms with van der Waals surface area (Å²) in [6.07, 6.45) is 0. The molecule has 0 unspecified atom stereocenters. The predicted octanol–water partition coefficient (Wildman–Crippen LogP) is 3.62. The Bertz CT molecular complexity index is 521. The number of fused-ring (bicyclic) bond motifs is 1. The number of hydrogen-bond acceptors (Lipinski definition) is 2. The number of rotatable bonds is 1. The van der Waals surface area contributed by atoms with Crippen LogP contribution in [0.2, 0.25) is 0 Å². The maximum absolute atomic E-state index is 9.58. The Balaban J connectivity index is 2.86. The molecular weight excluding hydrogens is 256 g/mol. The van der Waals surface area contributed by atoms with Crippen molar-refractivity contribution in [2.45, 2.75) is 6.92 Å². The first kappa shape index (κ1) is 10.3. The third kappa shape index (κ3) is 1.67. The van der Waals surface area contributed by atoms with Crippen LogP contribution in [-0.2, 0) is 0 Å². The van der Waals surface area contributed by atoms with Crippen LogP contribution >= 0.6 is 15.9 Å². The number of methoxy groups -OCH3 is 1. The average Bonchev–Trinajstić information content (AvgIpc) is 2.23. The summed E-state index contributed by atoms with van der Waals surface area (Å²) in [4.78, 5) is 0. The van der Waals surface area contributed by atoms with E-state index >= 15 is 0 Å². The molecule has 15 heavy (non-hydrogen) atoms. The minimum atomic E-state index is 0.246. The van der Waals surface area contributed by atoms with Crippen LogP contribution in [0.1, 0.15) is 5.56 Å². The third-order valence-electron chi connectivity index (χ3n) is 2.47. The predicted molar refractivity (Wildman–Crippen MR) is 64.6 cm³/mol. The topological polar surface area (TPSA) is 29.5 Å². The SMILES string of the molecule is COc1cc(C)c2ccc(O)c(Br)c2c1. The quantitative estimate of drug-likeness (QED) is 0.855. The van der Waals surface area contributed by atoms with Crippen molar-refractivity contribution in [3.8, 4) is 11.5 Å². The van der Waals surface area contributed by atoms with E-state index in [1.54, 1.807) is 13.2 Å². The molecule has 0 aliphatic carbocycles. The van der Waals surface area contributed by atoms with E-state index in [0.29, 0.717) is 4.47 Å². The van der Waals surface area contributed by atoms with Crippen molar-refractivity contribution >= 4 is 26.7 Å². The zero-order chi connectivity index (χ0) is 11.0. The molecule has 0 bridgehead atoms. The Kier molecular flexibility index (Phi) is 2.57.